The highest BCUT2D eigenvalue weighted by Crippen LogP contribution is 2.38. The lowest BCUT2D eigenvalue weighted by atomic mass is 9.97. The van der Waals surface area contributed by atoms with Gasteiger partial charge in [-0.15, -0.1) is 11.3 Å². The largest absolute Gasteiger partial charge is 0.261 e. The van der Waals surface area contributed by atoms with Gasteiger partial charge in [-0.3, -0.25) is 5.43 Å². The van der Waals surface area contributed by atoms with E-state index in [1.165, 1.54) is 66.5 Å². The van der Waals surface area contributed by atoms with Gasteiger partial charge in [0.25, 0.3) is 0 Å². The van der Waals surface area contributed by atoms with E-state index in [1.807, 2.05) is 11.3 Å². The van der Waals surface area contributed by atoms with Crippen LogP contribution >= 0.6 is 11.3 Å². The van der Waals surface area contributed by atoms with Gasteiger partial charge < -0.3 is 0 Å². The van der Waals surface area contributed by atoms with Gasteiger partial charge in [-0.1, -0.05) is 12.8 Å². The molecule has 0 aromatic carbocycles. The van der Waals surface area contributed by atoms with Gasteiger partial charge in [-0.05, 0) is 56.9 Å². The summed E-state index contributed by atoms with van der Waals surface area (Å²) in [6.07, 6.45) is 14.1. The summed E-state index contributed by atoms with van der Waals surface area (Å²) in [6, 6.07) is 0. The van der Waals surface area contributed by atoms with Crippen molar-refractivity contribution >= 4 is 33.1 Å². The molecule has 0 spiro atoms. The van der Waals surface area contributed by atoms with Crippen LogP contribution in [0.3, 0.4) is 0 Å². The fourth-order valence-electron chi connectivity index (χ4n) is 3.56. The average molecular weight is 314 g/mol. The minimum Gasteiger partial charge on any atom is -0.261 e. The monoisotopic (exact) mass is 314 g/mol. The van der Waals surface area contributed by atoms with Gasteiger partial charge >= 0.3 is 0 Å². The molecule has 2 heterocycles. The Morgan fingerprint density at radius 1 is 0.909 bits per heavy atom. The third-order valence-electron chi connectivity index (χ3n) is 4.75. The molecule has 1 fully saturated rings. The first-order valence-electron chi connectivity index (χ1n) is 8.48. The molecule has 0 unspecified atom stereocenters. The molecule has 0 amide bonds. The molecular formula is C17H22N4S. The Bertz CT molecular complexity index is 694. The lowest BCUT2D eigenvalue weighted by Crippen LogP contribution is -2.04. The van der Waals surface area contributed by atoms with Crippen LogP contribution in [0.2, 0.25) is 0 Å². The number of thiophene rings is 1. The third kappa shape index (κ3) is 2.74. The highest BCUT2D eigenvalue weighted by molar-refractivity contribution is 7.19. The summed E-state index contributed by atoms with van der Waals surface area (Å²) < 4.78 is 0. The molecule has 5 heteroatoms. The summed E-state index contributed by atoms with van der Waals surface area (Å²) in [5.74, 6) is 0.904. The number of hydrogen-bond acceptors (Lipinski definition) is 5. The molecule has 2 aromatic heterocycles. The number of fused-ring (bicyclic) bond motifs is 3. The van der Waals surface area contributed by atoms with Crippen LogP contribution in [0.1, 0.15) is 61.8 Å². The van der Waals surface area contributed by atoms with E-state index < -0.39 is 0 Å². The van der Waals surface area contributed by atoms with Crippen molar-refractivity contribution < 1.29 is 0 Å². The first-order valence-corrected chi connectivity index (χ1v) is 9.30. The van der Waals surface area contributed by atoms with Crippen molar-refractivity contribution in [1.82, 2.24) is 9.97 Å². The summed E-state index contributed by atoms with van der Waals surface area (Å²) in [6.45, 7) is 0. The molecule has 2 aliphatic rings. The molecule has 2 aromatic rings. The molecule has 22 heavy (non-hydrogen) atoms. The number of nitrogens with zero attached hydrogens (tertiary/aromatic N) is 3. The summed E-state index contributed by atoms with van der Waals surface area (Å²) in [7, 11) is 0. The van der Waals surface area contributed by atoms with E-state index in [9.17, 15) is 0 Å². The molecule has 0 aliphatic heterocycles. The number of rotatable bonds is 2. The molecule has 0 radical (unpaired) electrons. The van der Waals surface area contributed by atoms with E-state index in [-0.39, 0.29) is 0 Å². The molecule has 1 N–H and O–H groups in total. The quantitative estimate of drug-likeness (QED) is 0.646. The third-order valence-corrected chi connectivity index (χ3v) is 5.95. The minimum atomic E-state index is 0.904. The van der Waals surface area contributed by atoms with Gasteiger partial charge in [0.1, 0.15) is 11.2 Å². The number of aryl methyl sites for hydroxylation is 2. The minimum absolute atomic E-state index is 0.904. The molecule has 0 atom stereocenters. The van der Waals surface area contributed by atoms with E-state index in [0.29, 0.717) is 0 Å². The zero-order valence-electron chi connectivity index (χ0n) is 12.9. The topological polar surface area (TPSA) is 50.2 Å². The van der Waals surface area contributed by atoms with Crippen LogP contribution in [0.15, 0.2) is 11.4 Å². The van der Waals surface area contributed by atoms with Crippen LogP contribution in [0, 0.1) is 0 Å². The fraction of sp³-hybridized carbons (Fsp3) is 0.588. The Morgan fingerprint density at radius 2 is 1.68 bits per heavy atom. The van der Waals surface area contributed by atoms with E-state index in [0.717, 1.165) is 29.9 Å². The van der Waals surface area contributed by atoms with Gasteiger partial charge in [0.05, 0.1) is 5.39 Å². The van der Waals surface area contributed by atoms with Crippen molar-refractivity contribution in [2.45, 2.75) is 64.2 Å². The van der Waals surface area contributed by atoms with E-state index >= 15 is 0 Å². The zero-order chi connectivity index (χ0) is 14.8. The lowest BCUT2D eigenvalue weighted by molar-refractivity contribution is 0.700. The lowest BCUT2D eigenvalue weighted by Gasteiger charge is -2.11. The molecule has 116 valence electrons. The second-order valence-electron chi connectivity index (χ2n) is 6.32. The van der Waals surface area contributed by atoms with Crippen molar-refractivity contribution in [3.8, 4) is 0 Å². The predicted molar refractivity (Wildman–Crippen MR) is 92.8 cm³/mol. The molecular weight excluding hydrogens is 292 g/mol. The Hall–Kier alpha value is -1.49. The van der Waals surface area contributed by atoms with Gasteiger partial charge in [-0.2, -0.15) is 5.10 Å². The number of aromatic nitrogens is 2. The second kappa shape index (κ2) is 6.32. The maximum atomic E-state index is 4.67. The van der Waals surface area contributed by atoms with E-state index in [4.69, 9.17) is 0 Å². The van der Waals surface area contributed by atoms with Gasteiger partial charge in [0.15, 0.2) is 5.82 Å². The zero-order valence-corrected chi connectivity index (χ0v) is 13.7. The van der Waals surface area contributed by atoms with Crippen LogP contribution in [-0.2, 0) is 12.8 Å². The Balaban J connectivity index is 1.66. The highest BCUT2D eigenvalue weighted by atomic mass is 32.1. The SMILES string of the molecule is c1nc(NN=C2CCCCCC2)c2c3c(sc2n1)CCCC3. The van der Waals surface area contributed by atoms with Crippen molar-refractivity contribution in [2.75, 3.05) is 5.43 Å². The van der Waals surface area contributed by atoms with Crippen molar-refractivity contribution in [3.05, 3.63) is 16.8 Å². The Morgan fingerprint density at radius 3 is 2.55 bits per heavy atom. The Labute approximate surface area is 135 Å². The Kier molecular flexibility index (Phi) is 4.06. The number of anilines is 1. The van der Waals surface area contributed by atoms with Crippen molar-refractivity contribution in [2.24, 2.45) is 5.10 Å². The number of hydrogen-bond donors (Lipinski definition) is 1. The number of hydrazone groups is 1. The van der Waals surface area contributed by atoms with E-state index in [1.54, 1.807) is 6.33 Å². The smallest absolute Gasteiger partial charge is 0.158 e. The van der Waals surface area contributed by atoms with Crippen molar-refractivity contribution in [3.63, 3.8) is 0 Å². The maximum Gasteiger partial charge on any atom is 0.158 e. The standard InChI is InChI=1S/C17H22N4S/c1-2-4-8-12(7-3-1)20-21-16-15-13-9-5-6-10-14(13)22-17(15)19-11-18-16/h11H,1-10H2,(H,18,19,21). The summed E-state index contributed by atoms with van der Waals surface area (Å²) in [4.78, 5) is 11.6. The predicted octanol–water partition coefficient (Wildman–Crippen LogP) is 4.69. The van der Waals surface area contributed by atoms with Crippen LogP contribution in [0.25, 0.3) is 10.2 Å². The van der Waals surface area contributed by atoms with Gasteiger partial charge in [0.2, 0.25) is 0 Å². The maximum absolute atomic E-state index is 4.67. The highest BCUT2D eigenvalue weighted by Gasteiger charge is 2.19. The second-order valence-corrected chi connectivity index (χ2v) is 7.40. The van der Waals surface area contributed by atoms with Crippen LogP contribution < -0.4 is 5.43 Å². The summed E-state index contributed by atoms with van der Waals surface area (Å²) in [5, 5.41) is 5.90. The summed E-state index contributed by atoms with van der Waals surface area (Å²) in [5.41, 5.74) is 6.03. The number of nitrogens with one attached hydrogen (secondary N) is 1. The molecule has 0 bridgehead atoms. The van der Waals surface area contributed by atoms with E-state index in [2.05, 4.69) is 20.5 Å². The molecule has 2 aliphatic carbocycles. The van der Waals surface area contributed by atoms with Crippen LogP contribution in [0.4, 0.5) is 5.82 Å². The molecule has 4 rings (SSSR count). The molecule has 1 saturated carbocycles. The first kappa shape index (κ1) is 14.1. The van der Waals surface area contributed by atoms with Crippen LogP contribution in [-0.4, -0.2) is 15.7 Å². The fourth-order valence-corrected chi connectivity index (χ4v) is 4.78. The van der Waals surface area contributed by atoms with Crippen LogP contribution in [0.5, 0.6) is 0 Å². The van der Waals surface area contributed by atoms with Gasteiger partial charge in [-0.25, -0.2) is 9.97 Å². The summed E-state index contributed by atoms with van der Waals surface area (Å²) >= 11 is 1.84. The molecule has 4 nitrogen and oxygen atoms in total. The molecule has 0 saturated heterocycles. The first-order chi connectivity index (χ1) is 10.9. The normalized spacial score (nSPS) is 18.8. The average Bonchev–Trinajstić information content (AvgIpc) is 2.74. The van der Waals surface area contributed by atoms with Crippen molar-refractivity contribution in [1.29, 1.82) is 0 Å². The van der Waals surface area contributed by atoms with Gasteiger partial charge in [0, 0.05) is 10.6 Å².